The number of carbonyl (C=O) groups is 1. The number of alkyl halides is 3. The van der Waals surface area contributed by atoms with Gasteiger partial charge in [-0.1, -0.05) is 23.7 Å². The fourth-order valence-electron chi connectivity index (χ4n) is 3.03. The Morgan fingerprint density at radius 1 is 1.25 bits per heavy atom. The van der Waals surface area contributed by atoms with Gasteiger partial charge in [-0.3, -0.25) is 14.9 Å². The number of fused-ring (bicyclic) bond motifs is 1. The van der Waals surface area contributed by atoms with E-state index in [-0.39, 0.29) is 11.6 Å². The minimum absolute atomic E-state index is 0.0681. The van der Waals surface area contributed by atoms with E-state index in [0.29, 0.717) is 24.6 Å². The molecule has 0 fully saturated rings. The minimum Gasteiger partial charge on any atom is -0.373 e. The Morgan fingerprint density at radius 2 is 1.96 bits per heavy atom. The van der Waals surface area contributed by atoms with E-state index in [9.17, 15) is 28.1 Å². The first-order valence-electron chi connectivity index (χ1n) is 8.30. The molecule has 2 aromatic rings. The Bertz CT molecular complexity index is 963. The van der Waals surface area contributed by atoms with Crippen LogP contribution in [0.1, 0.15) is 36.1 Å². The van der Waals surface area contributed by atoms with E-state index in [4.69, 9.17) is 11.6 Å². The van der Waals surface area contributed by atoms with Gasteiger partial charge in [0.2, 0.25) is 5.91 Å². The molecular weight excluding hydrogens is 399 g/mol. The molecule has 0 spiro atoms. The number of anilines is 2. The highest BCUT2D eigenvalue weighted by molar-refractivity contribution is 6.31. The standard InChI is InChI=1S/C18H15ClF3N3O3/c1-9(10-2-4-14-11(6-10)3-5-17(26)24-14)23-15-8-13(19)12(18(20,21)22)7-16(15)25(27)28/h2,4,6-9,23H,3,5H2,1H3,(H,24,26). The van der Waals surface area contributed by atoms with Gasteiger partial charge in [-0.05, 0) is 36.6 Å². The highest BCUT2D eigenvalue weighted by atomic mass is 35.5. The number of nitrogens with zero attached hydrogens (tertiary/aromatic N) is 1. The van der Waals surface area contributed by atoms with E-state index < -0.39 is 33.4 Å². The molecule has 1 amide bonds. The number of benzene rings is 2. The summed E-state index contributed by atoms with van der Waals surface area (Å²) < 4.78 is 38.9. The lowest BCUT2D eigenvalue weighted by molar-refractivity contribution is -0.384. The van der Waals surface area contributed by atoms with Crippen LogP contribution in [0, 0.1) is 10.1 Å². The second-order valence-corrected chi connectivity index (χ2v) is 6.84. The Morgan fingerprint density at radius 3 is 2.61 bits per heavy atom. The molecule has 1 aliphatic rings. The normalized spacial score (nSPS) is 14.8. The number of hydrogen-bond acceptors (Lipinski definition) is 4. The maximum absolute atomic E-state index is 13.0. The summed E-state index contributed by atoms with van der Waals surface area (Å²) in [6.45, 7) is 1.72. The van der Waals surface area contributed by atoms with E-state index in [1.54, 1.807) is 19.1 Å². The van der Waals surface area contributed by atoms with Crippen molar-refractivity contribution in [1.29, 1.82) is 0 Å². The summed E-state index contributed by atoms with van der Waals surface area (Å²) in [7, 11) is 0. The van der Waals surface area contributed by atoms with Crippen LogP contribution in [0.15, 0.2) is 30.3 Å². The number of carbonyl (C=O) groups excluding carboxylic acids is 1. The number of nitrogens with one attached hydrogen (secondary N) is 2. The van der Waals surface area contributed by atoms with Gasteiger partial charge in [0.25, 0.3) is 5.69 Å². The molecule has 28 heavy (non-hydrogen) atoms. The number of amides is 1. The van der Waals surface area contributed by atoms with Crippen LogP contribution in [-0.2, 0) is 17.4 Å². The minimum atomic E-state index is -4.80. The van der Waals surface area contributed by atoms with E-state index in [2.05, 4.69) is 10.6 Å². The quantitative estimate of drug-likeness (QED) is 0.524. The Kier molecular flexibility index (Phi) is 5.20. The summed E-state index contributed by atoms with van der Waals surface area (Å²) in [6.07, 6.45) is -3.87. The van der Waals surface area contributed by atoms with E-state index in [1.165, 1.54) is 0 Å². The van der Waals surface area contributed by atoms with Crippen molar-refractivity contribution < 1.29 is 22.9 Å². The van der Waals surface area contributed by atoms with Crippen molar-refractivity contribution in [1.82, 2.24) is 0 Å². The lowest BCUT2D eigenvalue weighted by atomic mass is 9.97. The molecule has 0 bridgehead atoms. The Labute approximate surface area is 162 Å². The first kappa shape index (κ1) is 19.9. The summed E-state index contributed by atoms with van der Waals surface area (Å²) >= 11 is 5.71. The maximum atomic E-state index is 13.0. The van der Waals surface area contributed by atoms with Crippen LogP contribution in [-0.4, -0.2) is 10.8 Å². The molecule has 0 aromatic heterocycles. The molecule has 10 heteroatoms. The second-order valence-electron chi connectivity index (χ2n) is 6.43. The van der Waals surface area contributed by atoms with Crippen LogP contribution in [0.4, 0.5) is 30.2 Å². The SMILES string of the molecule is CC(Nc1cc(Cl)c(C(F)(F)F)cc1[N+](=O)[O-])c1ccc2c(c1)CCC(=O)N2. The molecule has 0 saturated heterocycles. The van der Waals surface area contributed by atoms with Gasteiger partial charge in [0.15, 0.2) is 0 Å². The number of rotatable bonds is 4. The molecular formula is C18H15ClF3N3O3. The van der Waals surface area contributed by atoms with Crippen LogP contribution in [0.3, 0.4) is 0 Å². The largest absolute Gasteiger partial charge is 0.418 e. The van der Waals surface area contributed by atoms with Crippen molar-refractivity contribution in [2.45, 2.75) is 32.0 Å². The average Bonchev–Trinajstić information content (AvgIpc) is 2.59. The fraction of sp³-hybridized carbons (Fsp3) is 0.278. The molecule has 2 aromatic carbocycles. The van der Waals surface area contributed by atoms with Gasteiger partial charge < -0.3 is 10.6 Å². The summed E-state index contributed by atoms with van der Waals surface area (Å²) in [4.78, 5) is 21.8. The van der Waals surface area contributed by atoms with Crippen molar-refractivity contribution >= 4 is 34.6 Å². The van der Waals surface area contributed by atoms with Gasteiger partial charge in [0, 0.05) is 24.2 Å². The predicted octanol–water partition coefficient (Wildman–Crippen LogP) is 5.32. The van der Waals surface area contributed by atoms with Crippen LogP contribution < -0.4 is 10.6 Å². The number of nitro groups is 1. The number of aryl methyl sites for hydroxylation is 1. The van der Waals surface area contributed by atoms with Crippen LogP contribution >= 0.6 is 11.6 Å². The predicted molar refractivity (Wildman–Crippen MR) is 98.5 cm³/mol. The monoisotopic (exact) mass is 413 g/mol. The van der Waals surface area contributed by atoms with Crippen molar-refractivity contribution in [2.24, 2.45) is 0 Å². The molecule has 148 valence electrons. The highest BCUT2D eigenvalue weighted by Crippen LogP contribution is 2.41. The summed E-state index contributed by atoms with van der Waals surface area (Å²) in [5, 5.41) is 16.3. The third kappa shape index (κ3) is 4.04. The van der Waals surface area contributed by atoms with Crippen LogP contribution in [0.2, 0.25) is 5.02 Å². The van der Waals surface area contributed by atoms with Crippen molar-refractivity contribution in [2.75, 3.05) is 10.6 Å². The van der Waals surface area contributed by atoms with E-state index >= 15 is 0 Å². The third-order valence-electron chi connectivity index (χ3n) is 4.48. The topological polar surface area (TPSA) is 84.3 Å². The Balaban J connectivity index is 1.92. The first-order chi connectivity index (χ1) is 13.1. The van der Waals surface area contributed by atoms with Crippen LogP contribution in [0.5, 0.6) is 0 Å². The molecule has 1 heterocycles. The highest BCUT2D eigenvalue weighted by Gasteiger charge is 2.36. The molecule has 2 N–H and O–H groups in total. The van der Waals surface area contributed by atoms with Gasteiger partial charge in [-0.15, -0.1) is 0 Å². The lowest BCUT2D eigenvalue weighted by Crippen LogP contribution is -2.19. The molecule has 1 aliphatic heterocycles. The van der Waals surface area contributed by atoms with E-state index in [0.717, 1.165) is 17.2 Å². The zero-order valence-electron chi connectivity index (χ0n) is 14.6. The molecule has 3 rings (SSSR count). The van der Waals surface area contributed by atoms with Crippen molar-refractivity contribution in [3.05, 3.63) is 62.2 Å². The van der Waals surface area contributed by atoms with Crippen molar-refractivity contribution in [3.8, 4) is 0 Å². The number of nitro benzene ring substituents is 1. The fourth-order valence-corrected chi connectivity index (χ4v) is 3.31. The van der Waals surface area contributed by atoms with Gasteiger partial charge in [-0.25, -0.2) is 0 Å². The van der Waals surface area contributed by atoms with Gasteiger partial charge in [0.1, 0.15) is 5.69 Å². The molecule has 6 nitrogen and oxygen atoms in total. The summed E-state index contributed by atoms with van der Waals surface area (Å²) in [5.74, 6) is -0.0681. The number of halogens is 4. The zero-order chi connectivity index (χ0) is 20.6. The molecule has 1 unspecified atom stereocenters. The molecule has 0 aliphatic carbocycles. The first-order valence-corrected chi connectivity index (χ1v) is 8.68. The second kappa shape index (κ2) is 7.31. The van der Waals surface area contributed by atoms with Gasteiger partial charge in [0.05, 0.1) is 15.5 Å². The molecule has 1 atom stereocenters. The lowest BCUT2D eigenvalue weighted by Gasteiger charge is -2.21. The van der Waals surface area contributed by atoms with Crippen molar-refractivity contribution in [3.63, 3.8) is 0 Å². The molecule has 0 radical (unpaired) electrons. The Hall–Kier alpha value is -2.81. The summed E-state index contributed by atoms with van der Waals surface area (Å²) in [6, 6.07) is 6.21. The number of hydrogen-bond donors (Lipinski definition) is 2. The zero-order valence-corrected chi connectivity index (χ0v) is 15.3. The van der Waals surface area contributed by atoms with Gasteiger partial charge >= 0.3 is 6.18 Å². The molecule has 0 saturated carbocycles. The summed E-state index contributed by atoms with van der Waals surface area (Å²) in [5.41, 5.74) is 0.306. The third-order valence-corrected chi connectivity index (χ3v) is 4.80. The maximum Gasteiger partial charge on any atom is 0.418 e. The smallest absolute Gasteiger partial charge is 0.373 e. The van der Waals surface area contributed by atoms with E-state index in [1.807, 2.05) is 6.07 Å². The van der Waals surface area contributed by atoms with Crippen LogP contribution in [0.25, 0.3) is 0 Å². The van der Waals surface area contributed by atoms with Gasteiger partial charge in [-0.2, -0.15) is 13.2 Å². The average molecular weight is 414 g/mol.